The summed E-state index contributed by atoms with van der Waals surface area (Å²) < 4.78 is 2.07. The Kier molecular flexibility index (Phi) is 3.01. The first-order valence-corrected chi connectivity index (χ1v) is 5.80. The molecule has 16 heavy (non-hydrogen) atoms. The van der Waals surface area contributed by atoms with E-state index in [1.807, 2.05) is 18.5 Å². The molecule has 2 aromatic rings. The fourth-order valence-electron chi connectivity index (χ4n) is 2.01. The lowest BCUT2D eigenvalue weighted by molar-refractivity contribution is 0.885. The highest BCUT2D eigenvalue weighted by Crippen LogP contribution is 2.26. The third kappa shape index (κ3) is 1.85. The van der Waals surface area contributed by atoms with Gasteiger partial charge in [0.15, 0.2) is 0 Å². The van der Waals surface area contributed by atoms with Gasteiger partial charge in [-0.25, -0.2) is 4.98 Å². The topological polar surface area (TPSA) is 17.8 Å². The monoisotopic (exact) mass is 234 g/mol. The quantitative estimate of drug-likeness (QED) is 0.775. The van der Waals surface area contributed by atoms with Gasteiger partial charge in [0, 0.05) is 18.8 Å². The summed E-state index contributed by atoms with van der Waals surface area (Å²) in [5, 5.41) is 0.783. The van der Waals surface area contributed by atoms with Crippen molar-refractivity contribution < 1.29 is 0 Å². The molecule has 0 atom stereocenters. The van der Waals surface area contributed by atoms with Gasteiger partial charge in [-0.3, -0.25) is 0 Å². The van der Waals surface area contributed by atoms with Crippen molar-refractivity contribution in [3.05, 3.63) is 46.5 Å². The molecule has 0 saturated carbocycles. The van der Waals surface area contributed by atoms with Crippen LogP contribution in [0.4, 0.5) is 0 Å². The predicted octanol–water partition coefficient (Wildman–Crippen LogP) is 3.70. The molecule has 0 aliphatic carbocycles. The van der Waals surface area contributed by atoms with E-state index in [0.717, 1.165) is 23.0 Å². The van der Waals surface area contributed by atoms with Crippen LogP contribution in [0.15, 0.2) is 24.5 Å². The van der Waals surface area contributed by atoms with Crippen molar-refractivity contribution in [1.82, 2.24) is 9.55 Å². The summed E-state index contributed by atoms with van der Waals surface area (Å²) in [6, 6.07) is 4.13. The van der Waals surface area contributed by atoms with E-state index in [4.69, 9.17) is 11.6 Å². The molecule has 0 saturated heterocycles. The van der Waals surface area contributed by atoms with Crippen LogP contribution in [0.1, 0.15) is 23.9 Å². The van der Waals surface area contributed by atoms with Crippen molar-refractivity contribution in [2.75, 3.05) is 0 Å². The smallest absolute Gasteiger partial charge is 0.112 e. The maximum atomic E-state index is 6.31. The normalized spacial score (nSPS) is 10.8. The first-order valence-electron chi connectivity index (χ1n) is 5.42. The molecular weight excluding hydrogens is 220 g/mol. The van der Waals surface area contributed by atoms with Crippen molar-refractivity contribution in [1.29, 1.82) is 0 Å². The lowest BCUT2D eigenvalue weighted by atomic mass is 10.1. The van der Waals surface area contributed by atoms with Gasteiger partial charge in [0.05, 0.1) is 10.7 Å². The minimum atomic E-state index is 0.783. The molecule has 0 fully saturated rings. The number of rotatable bonds is 2. The lowest BCUT2D eigenvalue weighted by Gasteiger charge is -2.13. The summed E-state index contributed by atoms with van der Waals surface area (Å²) in [5.41, 5.74) is 3.41. The fourth-order valence-corrected chi connectivity index (χ4v) is 2.42. The van der Waals surface area contributed by atoms with Gasteiger partial charge in [-0.05, 0) is 31.0 Å². The zero-order valence-electron chi connectivity index (χ0n) is 9.79. The van der Waals surface area contributed by atoms with Gasteiger partial charge in [-0.2, -0.15) is 0 Å². The summed E-state index contributed by atoms with van der Waals surface area (Å²) in [5.74, 6) is 1.04. The summed E-state index contributed by atoms with van der Waals surface area (Å²) in [6.07, 6.45) is 4.67. The highest BCUT2D eigenvalue weighted by molar-refractivity contribution is 6.32. The third-order valence-electron chi connectivity index (χ3n) is 2.67. The molecule has 0 radical (unpaired) electrons. The molecule has 2 nitrogen and oxygen atoms in total. The van der Waals surface area contributed by atoms with Crippen LogP contribution >= 0.6 is 11.6 Å². The Morgan fingerprint density at radius 3 is 2.69 bits per heavy atom. The van der Waals surface area contributed by atoms with Crippen LogP contribution in [0, 0.1) is 13.8 Å². The standard InChI is InChI=1S/C13H15ClN2/c1-4-12-15-5-6-16(12)13-10(3)7-9(2)8-11(13)14/h5-8H,4H2,1-3H3. The number of aromatic nitrogens is 2. The average Bonchev–Trinajstić information content (AvgIpc) is 2.64. The van der Waals surface area contributed by atoms with Gasteiger partial charge < -0.3 is 4.57 Å². The van der Waals surface area contributed by atoms with Crippen LogP contribution in [-0.2, 0) is 6.42 Å². The number of hydrogen-bond acceptors (Lipinski definition) is 1. The molecule has 1 aromatic carbocycles. The fraction of sp³-hybridized carbons (Fsp3) is 0.308. The number of imidazole rings is 1. The molecule has 0 aliphatic heterocycles. The number of aryl methyl sites for hydroxylation is 3. The Hall–Kier alpha value is -1.28. The van der Waals surface area contributed by atoms with Crippen LogP contribution in [0.25, 0.3) is 5.69 Å². The highest BCUT2D eigenvalue weighted by atomic mass is 35.5. The van der Waals surface area contributed by atoms with E-state index in [1.54, 1.807) is 0 Å². The summed E-state index contributed by atoms with van der Waals surface area (Å²) >= 11 is 6.31. The van der Waals surface area contributed by atoms with Crippen LogP contribution < -0.4 is 0 Å². The zero-order chi connectivity index (χ0) is 11.7. The van der Waals surface area contributed by atoms with Gasteiger partial charge in [-0.15, -0.1) is 0 Å². The van der Waals surface area contributed by atoms with Gasteiger partial charge in [-0.1, -0.05) is 24.6 Å². The molecule has 0 bridgehead atoms. The van der Waals surface area contributed by atoms with E-state index >= 15 is 0 Å². The second kappa shape index (κ2) is 4.30. The van der Waals surface area contributed by atoms with Crippen molar-refractivity contribution in [2.24, 2.45) is 0 Å². The second-order valence-corrected chi connectivity index (χ2v) is 4.39. The molecule has 3 heteroatoms. The molecule has 0 aliphatic rings. The molecular formula is C13H15ClN2. The highest BCUT2D eigenvalue weighted by Gasteiger charge is 2.10. The molecule has 1 heterocycles. The maximum absolute atomic E-state index is 6.31. The van der Waals surface area contributed by atoms with Gasteiger partial charge in [0.1, 0.15) is 5.82 Å². The molecule has 0 amide bonds. The first kappa shape index (κ1) is 11.2. The van der Waals surface area contributed by atoms with Crippen LogP contribution in [-0.4, -0.2) is 9.55 Å². The third-order valence-corrected chi connectivity index (χ3v) is 2.96. The largest absolute Gasteiger partial charge is 0.302 e. The minimum Gasteiger partial charge on any atom is -0.302 e. The van der Waals surface area contributed by atoms with E-state index < -0.39 is 0 Å². The van der Waals surface area contributed by atoms with Crippen molar-refractivity contribution in [2.45, 2.75) is 27.2 Å². The summed E-state index contributed by atoms with van der Waals surface area (Å²) in [6.45, 7) is 6.22. The first-order chi connectivity index (χ1) is 7.63. The molecule has 84 valence electrons. The summed E-state index contributed by atoms with van der Waals surface area (Å²) in [7, 11) is 0. The molecule has 2 rings (SSSR count). The van der Waals surface area contributed by atoms with E-state index in [0.29, 0.717) is 0 Å². The molecule has 0 unspecified atom stereocenters. The number of nitrogens with zero attached hydrogens (tertiary/aromatic N) is 2. The predicted molar refractivity (Wildman–Crippen MR) is 67.4 cm³/mol. The molecule has 0 N–H and O–H groups in total. The van der Waals surface area contributed by atoms with Gasteiger partial charge in [0.25, 0.3) is 0 Å². The van der Waals surface area contributed by atoms with E-state index in [9.17, 15) is 0 Å². The van der Waals surface area contributed by atoms with Crippen LogP contribution in [0.5, 0.6) is 0 Å². The number of halogens is 1. The minimum absolute atomic E-state index is 0.783. The van der Waals surface area contributed by atoms with E-state index in [1.165, 1.54) is 11.1 Å². The van der Waals surface area contributed by atoms with Crippen LogP contribution in [0.3, 0.4) is 0 Å². The van der Waals surface area contributed by atoms with Crippen molar-refractivity contribution in [3.63, 3.8) is 0 Å². The number of benzene rings is 1. The van der Waals surface area contributed by atoms with Gasteiger partial charge >= 0.3 is 0 Å². The Balaban J connectivity index is 2.64. The van der Waals surface area contributed by atoms with Crippen molar-refractivity contribution >= 4 is 11.6 Å². The average molecular weight is 235 g/mol. The Morgan fingerprint density at radius 1 is 1.31 bits per heavy atom. The second-order valence-electron chi connectivity index (χ2n) is 3.98. The lowest BCUT2D eigenvalue weighted by Crippen LogP contribution is -2.02. The van der Waals surface area contributed by atoms with Crippen molar-refractivity contribution in [3.8, 4) is 5.69 Å². The molecule has 0 spiro atoms. The summed E-state index contributed by atoms with van der Waals surface area (Å²) in [4.78, 5) is 4.32. The zero-order valence-corrected chi connectivity index (χ0v) is 10.5. The van der Waals surface area contributed by atoms with E-state index in [-0.39, 0.29) is 0 Å². The Bertz CT molecular complexity index is 491. The Labute approximate surface area is 101 Å². The SMILES string of the molecule is CCc1nccn1-c1c(C)cc(C)cc1Cl. The van der Waals surface area contributed by atoms with Gasteiger partial charge in [0.2, 0.25) is 0 Å². The number of hydrogen-bond donors (Lipinski definition) is 0. The Morgan fingerprint density at radius 2 is 2.06 bits per heavy atom. The molecule has 1 aromatic heterocycles. The van der Waals surface area contributed by atoms with Crippen LogP contribution in [0.2, 0.25) is 5.02 Å². The maximum Gasteiger partial charge on any atom is 0.112 e. The van der Waals surface area contributed by atoms with E-state index in [2.05, 4.69) is 36.4 Å².